The van der Waals surface area contributed by atoms with Crippen molar-refractivity contribution in [2.45, 2.75) is 168 Å². The lowest BCUT2D eigenvalue weighted by atomic mass is 9.56. The van der Waals surface area contributed by atoms with Gasteiger partial charge in [-0.15, -0.1) is 0 Å². The highest BCUT2D eigenvalue weighted by molar-refractivity contribution is 5.17. The Balaban J connectivity index is 0.981. The lowest BCUT2D eigenvalue weighted by Crippen LogP contribution is -2.46. The van der Waals surface area contributed by atoms with Crippen LogP contribution in [0.5, 0.6) is 0 Å². The summed E-state index contributed by atoms with van der Waals surface area (Å²) in [5.41, 5.74) is 0.575. The molecule has 0 unspecified atom stereocenters. The second kappa shape index (κ2) is 20.3. The van der Waals surface area contributed by atoms with Crippen molar-refractivity contribution in [3.8, 4) is 0 Å². The van der Waals surface area contributed by atoms with E-state index in [1.54, 1.807) is 0 Å². The first kappa shape index (κ1) is 48.9. The summed E-state index contributed by atoms with van der Waals surface area (Å²) in [6.45, 7) is 7.36. The Bertz CT molecular complexity index is 1460. The molecule has 2 saturated carbocycles. The molecule has 22 heteroatoms. The first-order valence-corrected chi connectivity index (χ1v) is 20.7. The fourth-order valence-corrected chi connectivity index (χ4v) is 9.70. The highest BCUT2D eigenvalue weighted by Crippen LogP contribution is 2.55. The zero-order valence-electron chi connectivity index (χ0n) is 33.8. The van der Waals surface area contributed by atoms with Crippen molar-refractivity contribution in [3.05, 3.63) is 24.5 Å². The number of hydrogen-bond acceptors (Lipinski definition) is 22. The van der Waals surface area contributed by atoms with E-state index < -0.39 is 155 Å². The Labute approximate surface area is 351 Å². The van der Waals surface area contributed by atoms with Gasteiger partial charge in [0.25, 0.3) is 0 Å². The normalized spacial score (nSPS) is 47.3. The Hall–Kier alpha value is -1.56. The molecule has 2 aliphatic carbocycles. The van der Waals surface area contributed by atoms with E-state index >= 15 is 0 Å². The van der Waals surface area contributed by atoms with Crippen LogP contribution in [0.2, 0.25) is 0 Å². The molecular weight excluding hydrogens is 820 g/mol. The topological polar surface area (TPSA) is 357 Å². The van der Waals surface area contributed by atoms with Crippen molar-refractivity contribution in [1.29, 1.82) is 0 Å². The molecule has 352 valence electrons. The van der Waals surface area contributed by atoms with Gasteiger partial charge < -0.3 is 109 Å². The Morgan fingerprint density at radius 1 is 0.672 bits per heavy atom. The van der Waals surface area contributed by atoms with Gasteiger partial charge in [-0.3, -0.25) is 0 Å². The molecule has 0 aromatic rings. The van der Waals surface area contributed by atoms with Gasteiger partial charge in [0, 0.05) is 5.92 Å². The van der Waals surface area contributed by atoms with Gasteiger partial charge in [-0.05, 0) is 43.4 Å². The number of hydrogen-bond donors (Lipinski definition) is 14. The van der Waals surface area contributed by atoms with Gasteiger partial charge >= 0.3 is 0 Å². The highest BCUT2D eigenvalue weighted by atomic mass is 16.8. The SMILES string of the molecule is C=C(OC[C@H]1O[C@H]([C@H](CO)O[C@H]2O[C@H]([C@H](O)CO)[C@@H](O)[C@@H]2O)[C@@H](O)[C@@H]1O)[C@@H]1CC[C@]2(C)C[C@@H](O[C@H]3O[C@H]([C@H](CO)O[C@H]4O[C@H]([C@H](O)CO)[C@@H](O)[C@@H]4O)[C@@H](O)[C@@H]3O)CC(=C)[C@@H]2C1. The average Bonchev–Trinajstić information content (AvgIpc) is 3.89. The monoisotopic (exact) mass is 884 g/mol. The number of aliphatic hydroxyl groups excluding tert-OH is 14. The molecule has 0 amide bonds. The summed E-state index contributed by atoms with van der Waals surface area (Å²) in [5, 5.41) is 143. The average molecular weight is 885 g/mol. The van der Waals surface area contributed by atoms with Crippen LogP contribution in [-0.4, -0.2) is 233 Å². The molecular formula is C39H64O22. The van der Waals surface area contributed by atoms with Crippen LogP contribution in [-0.2, 0) is 37.9 Å². The third-order valence-corrected chi connectivity index (χ3v) is 13.3. The molecule has 0 spiro atoms. The predicted octanol–water partition coefficient (Wildman–Crippen LogP) is -6.03. The number of ether oxygens (including phenoxy) is 8. The molecule has 61 heavy (non-hydrogen) atoms. The standard InChI is InChI=1S/C39H64O22/c1-14-6-17(55-36-31(53)28(50)35(61-36)22(12-43)58-38-30(52)27(49)33(60-38)20(45)10-41)8-39(3)5-4-16(7-18(14)39)15(2)54-13-23-24(46)25(47)34(56-23)21(11-42)57-37-29(51)26(48)32(59-37)19(44)9-40/h16-38,40-53H,1-2,4-13H2,3H3/t16-,17+,18+,19-,20-,21+,22+,23-,24-,25+,26+,27+,28+,29+,30+,31+,32-,33-,34-,35-,36+,37+,38+,39-/m1/s1. The van der Waals surface area contributed by atoms with E-state index in [1.165, 1.54) is 0 Å². The van der Waals surface area contributed by atoms with E-state index in [4.69, 9.17) is 37.9 Å². The van der Waals surface area contributed by atoms with Crippen LogP contribution in [0.4, 0.5) is 0 Å². The summed E-state index contributed by atoms with van der Waals surface area (Å²) < 4.78 is 45.9. The third kappa shape index (κ3) is 10.0. The summed E-state index contributed by atoms with van der Waals surface area (Å²) in [6.07, 6.45) is -27.0. The number of aliphatic hydroxyl groups is 14. The van der Waals surface area contributed by atoms with Gasteiger partial charge in [0.2, 0.25) is 0 Å². The molecule has 6 aliphatic rings. The zero-order chi connectivity index (χ0) is 44.7. The van der Waals surface area contributed by atoms with Gasteiger partial charge in [0.1, 0.15) is 110 Å². The van der Waals surface area contributed by atoms with E-state index in [2.05, 4.69) is 20.1 Å². The minimum Gasteiger partial charge on any atom is -0.495 e. The number of rotatable bonds is 18. The number of fused-ring (bicyclic) bond motifs is 1. The lowest BCUT2D eigenvalue weighted by molar-refractivity contribution is -0.250. The van der Waals surface area contributed by atoms with Crippen molar-refractivity contribution in [1.82, 2.24) is 0 Å². The molecule has 4 aliphatic heterocycles. The Kier molecular flexibility index (Phi) is 16.3. The summed E-state index contributed by atoms with van der Waals surface area (Å²) in [4.78, 5) is 0. The van der Waals surface area contributed by atoms with Crippen LogP contribution in [0.25, 0.3) is 0 Å². The van der Waals surface area contributed by atoms with E-state index in [-0.39, 0.29) is 23.9 Å². The van der Waals surface area contributed by atoms with Gasteiger partial charge in [0.05, 0.1) is 38.3 Å². The molecule has 22 nitrogen and oxygen atoms in total. The molecule has 6 fully saturated rings. The summed E-state index contributed by atoms with van der Waals surface area (Å²) >= 11 is 0. The molecule has 4 saturated heterocycles. The van der Waals surface area contributed by atoms with Crippen molar-refractivity contribution in [2.75, 3.05) is 33.0 Å². The molecule has 0 radical (unpaired) electrons. The van der Waals surface area contributed by atoms with E-state index in [0.717, 1.165) is 5.57 Å². The Morgan fingerprint density at radius 3 is 1.67 bits per heavy atom. The quantitative estimate of drug-likeness (QED) is 0.0450. The van der Waals surface area contributed by atoms with Crippen LogP contribution < -0.4 is 0 Å². The lowest BCUT2D eigenvalue weighted by Gasteiger charge is -2.51. The van der Waals surface area contributed by atoms with E-state index in [0.29, 0.717) is 37.9 Å². The van der Waals surface area contributed by atoms with Crippen LogP contribution >= 0.6 is 0 Å². The fraction of sp³-hybridized carbons (Fsp3) is 0.897. The fourth-order valence-electron chi connectivity index (χ4n) is 9.70. The maximum Gasteiger partial charge on any atom is 0.187 e. The first-order chi connectivity index (χ1) is 28.9. The minimum atomic E-state index is -1.67. The summed E-state index contributed by atoms with van der Waals surface area (Å²) in [7, 11) is 0. The maximum absolute atomic E-state index is 10.9. The van der Waals surface area contributed by atoms with Gasteiger partial charge in [-0.1, -0.05) is 25.7 Å². The van der Waals surface area contributed by atoms with Crippen LogP contribution in [0.3, 0.4) is 0 Å². The second-order valence-electron chi connectivity index (χ2n) is 17.5. The maximum atomic E-state index is 10.9. The molecule has 4 heterocycles. The van der Waals surface area contributed by atoms with Gasteiger partial charge in [-0.2, -0.15) is 0 Å². The van der Waals surface area contributed by atoms with Crippen molar-refractivity contribution in [2.24, 2.45) is 17.3 Å². The van der Waals surface area contributed by atoms with Crippen molar-refractivity contribution < 1.29 is 109 Å². The molecule has 6 rings (SSSR count). The highest BCUT2D eigenvalue weighted by Gasteiger charge is 2.55. The van der Waals surface area contributed by atoms with E-state index in [9.17, 15) is 71.5 Å². The van der Waals surface area contributed by atoms with Crippen LogP contribution in [0, 0.1) is 17.3 Å². The number of allylic oxidation sites excluding steroid dienone is 1. The zero-order valence-corrected chi connectivity index (χ0v) is 33.8. The summed E-state index contributed by atoms with van der Waals surface area (Å²) in [5.74, 6) is 0.321. The second-order valence-corrected chi connectivity index (χ2v) is 17.5. The molecule has 14 N–H and O–H groups in total. The third-order valence-electron chi connectivity index (χ3n) is 13.3. The van der Waals surface area contributed by atoms with Crippen molar-refractivity contribution >= 4 is 0 Å². The Morgan fingerprint density at radius 2 is 1.15 bits per heavy atom. The predicted molar refractivity (Wildman–Crippen MR) is 200 cm³/mol. The van der Waals surface area contributed by atoms with Gasteiger partial charge in [0.15, 0.2) is 18.9 Å². The van der Waals surface area contributed by atoms with Crippen molar-refractivity contribution in [3.63, 3.8) is 0 Å². The molecule has 24 atom stereocenters. The largest absolute Gasteiger partial charge is 0.495 e. The molecule has 0 bridgehead atoms. The van der Waals surface area contributed by atoms with Gasteiger partial charge in [-0.25, -0.2) is 0 Å². The van der Waals surface area contributed by atoms with Crippen LogP contribution in [0.1, 0.15) is 39.0 Å². The van der Waals surface area contributed by atoms with E-state index in [1.807, 2.05) is 0 Å². The molecule has 0 aromatic carbocycles. The smallest absolute Gasteiger partial charge is 0.187 e. The first-order valence-electron chi connectivity index (χ1n) is 20.7. The molecule has 0 aromatic heterocycles. The summed E-state index contributed by atoms with van der Waals surface area (Å²) in [6, 6.07) is 0. The van der Waals surface area contributed by atoms with Crippen LogP contribution in [0.15, 0.2) is 24.5 Å². The minimum absolute atomic E-state index is 0.0134.